The number of aromatic nitrogens is 1. The number of carbonyl (C=O) groups excluding carboxylic acids is 2. The molecule has 1 heterocycles. The largest absolute Gasteiger partial charge is 0.370 e. The van der Waals surface area contributed by atoms with Crippen molar-refractivity contribution in [3.63, 3.8) is 0 Å². The first kappa shape index (κ1) is 17.4. The van der Waals surface area contributed by atoms with Crippen LogP contribution in [0.4, 0.5) is 0 Å². The lowest BCUT2D eigenvalue weighted by Crippen LogP contribution is -2.29. The Morgan fingerprint density at radius 3 is 2.62 bits per heavy atom. The van der Waals surface area contributed by atoms with Gasteiger partial charge in [0.15, 0.2) is 0 Å². The second kappa shape index (κ2) is 7.38. The van der Waals surface area contributed by atoms with Crippen LogP contribution < -0.4 is 11.1 Å². The first-order valence-electron chi connectivity index (χ1n) is 6.52. The van der Waals surface area contributed by atoms with Crippen LogP contribution in [0.2, 0.25) is 5.15 Å². The second-order valence-corrected chi connectivity index (χ2v) is 5.98. The van der Waals surface area contributed by atoms with Crippen LogP contribution in [0.3, 0.4) is 0 Å². The summed E-state index contributed by atoms with van der Waals surface area (Å²) in [5.74, 6) is -0.815. The molecule has 0 saturated heterocycles. The zero-order chi connectivity index (χ0) is 16.0. The minimum Gasteiger partial charge on any atom is -0.370 e. The van der Waals surface area contributed by atoms with Crippen LogP contribution >= 0.6 is 11.6 Å². The molecule has 0 aliphatic heterocycles. The molecule has 6 nitrogen and oxygen atoms in total. The zero-order valence-electron chi connectivity index (χ0n) is 12.4. The molecule has 0 atom stereocenters. The highest BCUT2D eigenvalue weighted by Gasteiger charge is 2.18. The van der Waals surface area contributed by atoms with E-state index in [1.165, 1.54) is 6.07 Å². The van der Waals surface area contributed by atoms with Crippen molar-refractivity contribution in [2.75, 3.05) is 19.8 Å². The third-order valence-electron chi connectivity index (χ3n) is 2.60. The number of ether oxygens (including phenoxy) is 1. The standard InChI is InChI=1S/C14H20ClN3O3/c1-14(2,3)10-6-9(7-11(15)18-10)13(20)17-4-5-21-8-12(16)19/h6-7H,4-5,8H2,1-3H3,(H2,16,19)(H,17,20). The number of primary amides is 1. The summed E-state index contributed by atoms with van der Waals surface area (Å²) in [5, 5.41) is 2.95. The van der Waals surface area contributed by atoms with Crippen molar-refractivity contribution in [1.29, 1.82) is 0 Å². The first-order valence-corrected chi connectivity index (χ1v) is 6.90. The maximum Gasteiger partial charge on any atom is 0.251 e. The van der Waals surface area contributed by atoms with E-state index in [1.54, 1.807) is 6.07 Å². The van der Waals surface area contributed by atoms with Gasteiger partial charge in [-0.1, -0.05) is 32.4 Å². The van der Waals surface area contributed by atoms with Crippen molar-refractivity contribution in [1.82, 2.24) is 10.3 Å². The lowest BCUT2D eigenvalue weighted by molar-refractivity contribution is -0.122. The van der Waals surface area contributed by atoms with Gasteiger partial charge in [0, 0.05) is 23.2 Å². The van der Waals surface area contributed by atoms with Crippen molar-refractivity contribution in [3.8, 4) is 0 Å². The molecule has 0 fully saturated rings. The van der Waals surface area contributed by atoms with E-state index in [0.29, 0.717) is 5.56 Å². The number of rotatable bonds is 6. The van der Waals surface area contributed by atoms with Gasteiger partial charge in [-0.2, -0.15) is 0 Å². The van der Waals surface area contributed by atoms with Crippen LogP contribution in [0, 0.1) is 0 Å². The number of hydrogen-bond donors (Lipinski definition) is 2. The molecular formula is C14H20ClN3O3. The number of hydrogen-bond acceptors (Lipinski definition) is 4. The maximum atomic E-state index is 12.0. The molecule has 116 valence electrons. The highest BCUT2D eigenvalue weighted by molar-refractivity contribution is 6.29. The van der Waals surface area contributed by atoms with E-state index in [-0.39, 0.29) is 36.2 Å². The molecule has 21 heavy (non-hydrogen) atoms. The van der Waals surface area contributed by atoms with Crippen molar-refractivity contribution < 1.29 is 14.3 Å². The number of pyridine rings is 1. The molecule has 1 rings (SSSR count). The highest BCUT2D eigenvalue weighted by Crippen LogP contribution is 2.23. The van der Waals surface area contributed by atoms with E-state index < -0.39 is 5.91 Å². The Morgan fingerprint density at radius 1 is 1.38 bits per heavy atom. The van der Waals surface area contributed by atoms with Gasteiger partial charge in [-0.3, -0.25) is 9.59 Å². The van der Waals surface area contributed by atoms with E-state index in [2.05, 4.69) is 10.3 Å². The normalized spacial score (nSPS) is 11.2. The van der Waals surface area contributed by atoms with Crippen molar-refractivity contribution in [2.24, 2.45) is 5.73 Å². The summed E-state index contributed by atoms with van der Waals surface area (Å²) in [7, 11) is 0. The molecule has 0 aliphatic rings. The summed E-state index contributed by atoms with van der Waals surface area (Å²) < 4.78 is 4.96. The molecular weight excluding hydrogens is 294 g/mol. The predicted molar refractivity (Wildman–Crippen MR) is 80.3 cm³/mol. The lowest BCUT2D eigenvalue weighted by atomic mass is 9.91. The van der Waals surface area contributed by atoms with E-state index in [1.807, 2.05) is 20.8 Å². The smallest absolute Gasteiger partial charge is 0.251 e. The summed E-state index contributed by atoms with van der Waals surface area (Å²) >= 11 is 5.95. The molecule has 7 heteroatoms. The molecule has 0 aromatic carbocycles. The van der Waals surface area contributed by atoms with Crippen molar-refractivity contribution in [3.05, 3.63) is 28.5 Å². The summed E-state index contributed by atoms with van der Waals surface area (Å²) in [6.45, 7) is 6.29. The van der Waals surface area contributed by atoms with Gasteiger partial charge in [0.2, 0.25) is 5.91 Å². The summed E-state index contributed by atoms with van der Waals surface area (Å²) in [4.78, 5) is 26.7. The Morgan fingerprint density at radius 2 is 2.05 bits per heavy atom. The minimum absolute atomic E-state index is 0.162. The van der Waals surface area contributed by atoms with Crippen LogP contribution in [-0.4, -0.2) is 36.6 Å². The topological polar surface area (TPSA) is 94.3 Å². The van der Waals surface area contributed by atoms with Crippen LogP contribution in [0.25, 0.3) is 0 Å². The number of amides is 2. The van der Waals surface area contributed by atoms with Crippen LogP contribution in [-0.2, 0) is 14.9 Å². The molecule has 1 aromatic heterocycles. The van der Waals surface area contributed by atoms with E-state index in [0.717, 1.165) is 5.69 Å². The molecule has 0 radical (unpaired) electrons. The van der Waals surface area contributed by atoms with E-state index in [9.17, 15) is 9.59 Å². The first-order chi connectivity index (χ1) is 9.70. The Hall–Kier alpha value is -1.66. The lowest BCUT2D eigenvalue weighted by Gasteiger charge is -2.18. The van der Waals surface area contributed by atoms with E-state index in [4.69, 9.17) is 22.1 Å². The number of halogens is 1. The third kappa shape index (κ3) is 6.10. The molecule has 0 aliphatic carbocycles. The van der Waals surface area contributed by atoms with Gasteiger partial charge in [0.1, 0.15) is 11.8 Å². The number of nitrogens with one attached hydrogen (secondary N) is 1. The van der Waals surface area contributed by atoms with Crippen molar-refractivity contribution in [2.45, 2.75) is 26.2 Å². The van der Waals surface area contributed by atoms with Crippen LogP contribution in [0.1, 0.15) is 36.8 Å². The summed E-state index contributed by atoms with van der Waals surface area (Å²) in [6, 6.07) is 3.22. The number of nitrogens with zero attached hydrogens (tertiary/aromatic N) is 1. The van der Waals surface area contributed by atoms with Gasteiger partial charge in [-0.15, -0.1) is 0 Å². The Balaban J connectivity index is 2.62. The fraction of sp³-hybridized carbons (Fsp3) is 0.500. The second-order valence-electron chi connectivity index (χ2n) is 5.59. The monoisotopic (exact) mass is 313 g/mol. The molecule has 0 saturated carbocycles. The predicted octanol–water partition coefficient (Wildman–Crippen LogP) is 1.26. The average molecular weight is 314 g/mol. The SMILES string of the molecule is CC(C)(C)c1cc(C(=O)NCCOCC(N)=O)cc(Cl)n1. The summed E-state index contributed by atoms with van der Waals surface area (Å²) in [6.07, 6.45) is 0. The number of carbonyl (C=O) groups is 2. The van der Waals surface area contributed by atoms with Gasteiger partial charge in [-0.25, -0.2) is 4.98 Å². The Labute approximate surface area is 129 Å². The fourth-order valence-corrected chi connectivity index (χ4v) is 1.73. The maximum absolute atomic E-state index is 12.0. The van der Waals surface area contributed by atoms with Gasteiger partial charge in [-0.05, 0) is 12.1 Å². The Kier molecular flexibility index (Phi) is 6.11. The zero-order valence-corrected chi connectivity index (χ0v) is 13.2. The van der Waals surface area contributed by atoms with E-state index >= 15 is 0 Å². The van der Waals surface area contributed by atoms with Gasteiger partial charge >= 0.3 is 0 Å². The number of nitrogens with two attached hydrogens (primary N) is 1. The van der Waals surface area contributed by atoms with Crippen LogP contribution in [0.15, 0.2) is 12.1 Å². The van der Waals surface area contributed by atoms with Gasteiger partial charge < -0.3 is 15.8 Å². The molecule has 2 amide bonds. The quantitative estimate of drug-likeness (QED) is 0.610. The summed E-state index contributed by atoms with van der Waals surface area (Å²) in [5.41, 5.74) is 5.90. The average Bonchev–Trinajstić information content (AvgIpc) is 2.36. The van der Waals surface area contributed by atoms with Crippen molar-refractivity contribution >= 4 is 23.4 Å². The van der Waals surface area contributed by atoms with Gasteiger partial charge in [0.25, 0.3) is 5.91 Å². The molecule has 0 unspecified atom stereocenters. The molecule has 3 N–H and O–H groups in total. The third-order valence-corrected chi connectivity index (χ3v) is 2.79. The fourth-order valence-electron chi connectivity index (χ4n) is 1.52. The minimum atomic E-state index is -0.544. The highest BCUT2D eigenvalue weighted by atomic mass is 35.5. The molecule has 0 bridgehead atoms. The molecule has 0 spiro atoms. The Bertz CT molecular complexity index is 527. The van der Waals surface area contributed by atoms with Crippen LogP contribution in [0.5, 0.6) is 0 Å². The van der Waals surface area contributed by atoms with Gasteiger partial charge in [0.05, 0.1) is 6.61 Å². The molecule has 1 aromatic rings.